The Morgan fingerprint density at radius 2 is 1.89 bits per heavy atom. The van der Waals surface area contributed by atoms with Crippen LogP contribution in [-0.2, 0) is 17.9 Å². The number of aromatic nitrogens is 1. The first-order valence-corrected chi connectivity index (χ1v) is 9.50. The summed E-state index contributed by atoms with van der Waals surface area (Å²) in [6.07, 6.45) is 2.82. The van der Waals surface area contributed by atoms with E-state index in [0.29, 0.717) is 25.4 Å². The van der Waals surface area contributed by atoms with Gasteiger partial charge in [0.2, 0.25) is 0 Å². The quantitative estimate of drug-likeness (QED) is 0.548. The first-order chi connectivity index (χ1) is 13.7. The van der Waals surface area contributed by atoms with Gasteiger partial charge in [-0.15, -0.1) is 0 Å². The Morgan fingerprint density at radius 1 is 1.07 bits per heavy atom. The minimum atomic E-state index is -0.243. The smallest absolute Gasteiger partial charge is 0.260 e. The minimum Gasteiger partial charge on any atom is -0.484 e. The zero-order valence-corrected chi connectivity index (χ0v) is 16.1. The molecule has 1 amide bonds. The van der Waals surface area contributed by atoms with E-state index >= 15 is 0 Å². The van der Waals surface area contributed by atoms with E-state index in [4.69, 9.17) is 4.74 Å². The Hall–Kier alpha value is -3.08. The summed E-state index contributed by atoms with van der Waals surface area (Å²) >= 11 is 0. The molecule has 0 radical (unpaired) electrons. The van der Waals surface area contributed by atoms with E-state index in [1.54, 1.807) is 11.0 Å². The summed E-state index contributed by atoms with van der Waals surface area (Å²) in [7, 11) is 0. The van der Waals surface area contributed by atoms with Crippen molar-refractivity contribution in [1.29, 1.82) is 0 Å². The largest absolute Gasteiger partial charge is 0.484 e. The summed E-state index contributed by atoms with van der Waals surface area (Å²) in [6, 6.07) is 19.9. The van der Waals surface area contributed by atoms with Gasteiger partial charge in [0.05, 0.1) is 6.54 Å². The minimum absolute atomic E-state index is 0.00855. The van der Waals surface area contributed by atoms with Gasteiger partial charge in [0.25, 0.3) is 5.91 Å². The Morgan fingerprint density at radius 3 is 2.64 bits per heavy atom. The Kier molecular flexibility index (Phi) is 6.84. The Labute approximate surface area is 165 Å². The van der Waals surface area contributed by atoms with Gasteiger partial charge in [0.15, 0.2) is 6.61 Å². The van der Waals surface area contributed by atoms with Gasteiger partial charge in [-0.2, -0.15) is 0 Å². The number of para-hydroxylation sites is 1. The van der Waals surface area contributed by atoms with Crippen LogP contribution in [0.25, 0.3) is 0 Å². The molecular weight excluding hydrogens is 355 g/mol. The van der Waals surface area contributed by atoms with Crippen molar-refractivity contribution in [2.45, 2.75) is 26.4 Å². The molecule has 28 heavy (non-hydrogen) atoms. The predicted molar refractivity (Wildman–Crippen MR) is 108 cm³/mol. The second kappa shape index (κ2) is 9.74. The number of amides is 1. The third-order valence-corrected chi connectivity index (χ3v) is 4.47. The van der Waals surface area contributed by atoms with Crippen LogP contribution in [0.3, 0.4) is 0 Å². The molecule has 0 fully saturated rings. The van der Waals surface area contributed by atoms with Crippen LogP contribution in [0.15, 0.2) is 72.9 Å². The number of carbonyl (C=O) groups is 1. The fraction of sp³-hybridized carbons (Fsp3) is 0.261. The summed E-state index contributed by atoms with van der Waals surface area (Å²) < 4.78 is 21.1. The number of hydrogen-bond acceptors (Lipinski definition) is 2. The van der Waals surface area contributed by atoms with Crippen LogP contribution < -0.4 is 4.74 Å². The third kappa shape index (κ3) is 5.46. The molecule has 146 valence electrons. The van der Waals surface area contributed by atoms with Crippen molar-refractivity contribution in [3.63, 3.8) is 0 Å². The van der Waals surface area contributed by atoms with Crippen molar-refractivity contribution in [2.24, 2.45) is 0 Å². The van der Waals surface area contributed by atoms with E-state index in [2.05, 4.69) is 0 Å². The highest BCUT2D eigenvalue weighted by Gasteiger charge is 2.16. The van der Waals surface area contributed by atoms with Crippen molar-refractivity contribution < 1.29 is 13.9 Å². The third-order valence-electron chi connectivity index (χ3n) is 4.47. The molecule has 0 unspecified atom stereocenters. The molecule has 0 bridgehead atoms. The molecule has 0 aliphatic carbocycles. The number of ether oxygens (including phenoxy) is 1. The van der Waals surface area contributed by atoms with Gasteiger partial charge in [-0.25, -0.2) is 4.39 Å². The molecule has 2 aromatic carbocycles. The van der Waals surface area contributed by atoms with Crippen molar-refractivity contribution in [1.82, 2.24) is 9.47 Å². The Bertz CT molecular complexity index is 892. The topological polar surface area (TPSA) is 34.5 Å². The summed E-state index contributed by atoms with van der Waals surface area (Å²) in [5.74, 6) is 0.387. The lowest BCUT2D eigenvalue weighted by atomic mass is 10.2. The van der Waals surface area contributed by atoms with Crippen LogP contribution in [0.5, 0.6) is 5.75 Å². The van der Waals surface area contributed by atoms with Crippen LogP contribution in [0.1, 0.15) is 24.6 Å². The summed E-state index contributed by atoms with van der Waals surface area (Å²) in [5.41, 5.74) is 1.89. The highest BCUT2D eigenvalue weighted by molar-refractivity contribution is 5.77. The maximum Gasteiger partial charge on any atom is 0.260 e. The molecule has 5 heteroatoms. The van der Waals surface area contributed by atoms with Crippen LogP contribution in [0.2, 0.25) is 0 Å². The zero-order valence-electron chi connectivity index (χ0n) is 16.1. The normalized spacial score (nSPS) is 10.6. The molecule has 0 atom stereocenters. The van der Waals surface area contributed by atoms with Crippen LogP contribution in [0.4, 0.5) is 4.39 Å². The number of benzene rings is 2. The summed E-state index contributed by atoms with van der Waals surface area (Å²) in [5, 5.41) is 0. The monoisotopic (exact) mass is 380 g/mol. The second-order valence-corrected chi connectivity index (χ2v) is 6.67. The molecule has 3 rings (SSSR count). The Balaban J connectivity index is 1.65. The van der Waals surface area contributed by atoms with E-state index in [1.165, 1.54) is 12.1 Å². The van der Waals surface area contributed by atoms with Crippen LogP contribution >= 0.6 is 0 Å². The van der Waals surface area contributed by atoms with Crippen molar-refractivity contribution in [3.05, 3.63) is 90.0 Å². The van der Waals surface area contributed by atoms with Crippen LogP contribution in [-0.4, -0.2) is 28.5 Å². The lowest BCUT2D eigenvalue weighted by molar-refractivity contribution is -0.134. The number of halogens is 1. The predicted octanol–water partition coefficient (Wildman–Crippen LogP) is 4.49. The first-order valence-electron chi connectivity index (χ1n) is 9.50. The fourth-order valence-electron chi connectivity index (χ4n) is 3.09. The summed E-state index contributed by atoms with van der Waals surface area (Å²) in [4.78, 5) is 14.5. The van der Waals surface area contributed by atoms with Crippen molar-refractivity contribution >= 4 is 5.91 Å². The highest BCUT2D eigenvalue weighted by Crippen LogP contribution is 2.13. The van der Waals surface area contributed by atoms with Gasteiger partial charge >= 0.3 is 0 Å². The maximum atomic E-state index is 13.5. The van der Waals surface area contributed by atoms with Gasteiger partial charge in [0, 0.05) is 25.0 Å². The number of carbonyl (C=O) groups excluding carboxylic acids is 1. The van der Waals surface area contributed by atoms with Crippen molar-refractivity contribution in [3.8, 4) is 5.75 Å². The average Bonchev–Trinajstić information content (AvgIpc) is 3.13. The number of rotatable bonds is 9. The first kappa shape index (κ1) is 19.7. The van der Waals surface area contributed by atoms with Gasteiger partial charge < -0.3 is 14.2 Å². The molecule has 0 saturated carbocycles. The lowest BCUT2D eigenvalue weighted by Gasteiger charge is -2.23. The molecule has 0 saturated heterocycles. The summed E-state index contributed by atoms with van der Waals surface area (Å²) in [6.45, 7) is 3.77. The molecule has 3 aromatic rings. The van der Waals surface area contributed by atoms with Gasteiger partial charge in [-0.05, 0) is 48.4 Å². The number of nitrogens with zero attached hydrogens (tertiary/aromatic N) is 2. The van der Waals surface area contributed by atoms with E-state index < -0.39 is 0 Å². The van der Waals surface area contributed by atoms with Gasteiger partial charge in [0.1, 0.15) is 11.6 Å². The second-order valence-electron chi connectivity index (χ2n) is 6.67. The molecule has 0 aliphatic rings. The average molecular weight is 380 g/mol. The highest BCUT2D eigenvalue weighted by atomic mass is 19.1. The lowest BCUT2D eigenvalue weighted by Crippen LogP contribution is -2.35. The standard InChI is InChI=1S/C23H25FN2O2/c1-2-13-26(23(27)18-28-22-11-4-3-5-12-22)17-21-10-7-14-25(21)16-19-8-6-9-20(24)15-19/h3-12,14-15H,2,13,16-18H2,1H3. The zero-order chi connectivity index (χ0) is 19.8. The van der Waals surface area contributed by atoms with Crippen molar-refractivity contribution in [2.75, 3.05) is 13.2 Å². The van der Waals surface area contributed by atoms with E-state index in [9.17, 15) is 9.18 Å². The molecule has 1 aromatic heterocycles. The van der Waals surface area contributed by atoms with Gasteiger partial charge in [-0.3, -0.25) is 4.79 Å². The SMILES string of the molecule is CCCN(Cc1cccn1Cc1cccc(F)c1)C(=O)COc1ccccc1. The fourth-order valence-corrected chi connectivity index (χ4v) is 3.09. The molecule has 0 N–H and O–H groups in total. The van der Waals surface area contributed by atoms with E-state index in [-0.39, 0.29) is 18.3 Å². The van der Waals surface area contributed by atoms with Crippen LogP contribution in [0, 0.1) is 5.82 Å². The maximum absolute atomic E-state index is 13.5. The molecule has 0 spiro atoms. The molecular formula is C23H25FN2O2. The van der Waals surface area contributed by atoms with E-state index in [0.717, 1.165) is 17.7 Å². The van der Waals surface area contributed by atoms with E-state index in [1.807, 2.05) is 66.2 Å². The van der Waals surface area contributed by atoms with Gasteiger partial charge in [-0.1, -0.05) is 37.3 Å². The molecule has 0 aliphatic heterocycles. The number of hydrogen-bond donors (Lipinski definition) is 0. The molecule has 4 nitrogen and oxygen atoms in total. The molecule has 1 heterocycles.